The van der Waals surface area contributed by atoms with Gasteiger partial charge in [-0.15, -0.1) is 0 Å². The van der Waals surface area contributed by atoms with Gasteiger partial charge in [0.25, 0.3) is 0 Å². The van der Waals surface area contributed by atoms with E-state index >= 15 is 0 Å². The van der Waals surface area contributed by atoms with Crippen LogP contribution in [0.5, 0.6) is 0 Å². The minimum atomic E-state index is 0.432. The summed E-state index contributed by atoms with van der Waals surface area (Å²) in [7, 11) is 0. The molecule has 0 heteroatoms. The van der Waals surface area contributed by atoms with Crippen LogP contribution in [0.2, 0.25) is 0 Å². The van der Waals surface area contributed by atoms with E-state index in [0.29, 0.717) is 5.41 Å². The van der Waals surface area contributed by atoms with Crippen LogP contribution in [-0.2, 0) is 5.41 Å². The molecule has 0 spiro atoms. The van der Waals surface area contributed by atoms with Gasteiger partial charge in [0.2, 0.25) is 0 Å². The van der Waals surface area contributed by atoms with Crippen LogP contribution in [0.15, 0.2) is 30.3 Å². The van der Waals surface area contributed by atoms with E-state index in [0.717, 1.165) is 0 Å². The SMILES string of the molecule is C[CH]C1(c2ccccc2)CCC1. The average Bonchev–Trinajstić information content (AvgIpc) is 2.05. The molecule has 1 radical (unpaired) electrons. The molecule has 0 N–H and O–H groups in total. The fourth-order valence-electron chi connectivity index (χ4n) is 2.07. The second kappa shape index (κ2) is 2.93. The lowest BCUT2D eigenvalue weighted by atomic mass is 9.63. The molecule has 1 aromatic rings. The van der Waals surface area contributed by atoms with Crippen molar-refractivity contribution in [2.45, 2.75) is 31.6 Å². The summed E-state index contributed by atoms with van der Waals surface area (Å²) in [6.45, 7) is 2.19. The Kier molecular flexibility index (Phi) is 1.92. The largest absolute Gasteiger partial charge is 0.0622 e. The standard InChI is InChI=1S/C12H15/c1-2-12(9-6-10-12)11-7-4-3-5-8-11/h2-5,7-8H,6,9-10H2,1H3. The zero-order valence-corrected chi connectivity index (χ0v) is 7.59. The van der Waals surface area contributed by atoms with Crippen molar-refractivity contribution in [1.82, 2.24) is 0 Å². The van der Waals surface area contributed by atoms with Gasteiger partial charge in [-0.1, -0.05) is 43.7 Å². The zero-order chi connectivity index (χ0) is 8.44. The van der Waals surface area contributed by atoms with E-state index < -0.39 is 0 Å². The summed E-state index contributed by atoms with van der Waals surface area (Å²) in [5.41, 5.74) is 1.93. The molecule has 0 unspecified atom stereocenters. The van der Waals surface area contributed by atoms with Crippen molar-refractivity contribution in [2.24, 2.45) is 0 Å². The van der Waals surface area contributed by atoms with Crippen molar-refractivity contribution in [2.75, 3.05) is 0 Å². The number of rotatable bonds is 2. The highest BCUT2D eigenvalue weighted by molar-refractivity contribution is 5.31. The third kappa shape index (κ3) is 1.06. The molecule has 0 aliphatic heterocycles. The maximum Gasteiger partial charge on any atom is -0.00185 e. The van der Waals surface area contributed by atoms with Crippen molar-refractivity contribution in [3.05, 3.63) is 42.3 Å². The van der Waals surface area contributed by atoms with Gasteiger partial charge in [-0.2, -0.15) is 0 Å². The van der Waals surface area contributed by atoms with Crippen molar-refractivity contribution >= 4 is 0 Å². The van der Waals surface area contributed by atoms with Crippen molar-refractivity contribution in [3.8, 4) is 0 Å². The monoisotopic (exact) mass is 159 g/mol. The minimum absolute atomic E-state index is 0.432. The van der Waals surface area contributed by atoms with E-state index in [2.05, 4.69) is 43.7 Å². The van der Waals surface area contributed by atoms with E-state index in [1.807, 2.05) is 0 Å². The Hall–Kier alpha value is -0.780. The fraction of sp³-hybridized carbons (Fsp3) is 0.417. The van der Waals surface area contributed by atoms with Crippen LogP contribution in [0, 0.1) is 6.42 Å². The molecule has 1 fully saturated rings. The van der Waals surface area contributed by atoms with E-state index in [9.17, 15) is 0 Å². The molecule has 0 heterocycles. The maximum absolute atomic E-state index is 2.37. The highest BCUT2D eigenvalue weighted by Gasteiger charge is 2.36. The van der Waals surface area contributed by atoms with E-state index in [4.69, 9.17) is 0 Å². The molecule has 0 saturated heterocycles. The first-order chi connectivity index (χ1) is 5.87. The summed E-state index contributed by atoms with van der Waals surface area (Å²) in [5.74, 6) is 0. The smallest absolute Gasteiger partial charge is 0.00185 e. The van der Waals surface area contributed by atoms with Crippen LogP contribution in [0.4, 0.5) is 0 Å². The third-order valence-corrected chi connectivity index (χ3v) is 3.15. The maximum atomic E-state index is 2.37. The molecule has 63 valence electrons. The van der Waals surface area contributed by atoms with Crippen molar-refractivity contribution in [3.63, 3.8) is 0 Å². The number of benzene rings is 1. The molecular weight excluding hydrogens is 144 g/mol. The summed E-state index contributed by atoms with van der Waals surface area (Å²) in [5, 5.41) is 0. The molecule has 12 heavy (non-hydrogen) atoms. The molecule has 2 rings (SSSR count). The van der Waals surface area contributed by atoms with Gasteiger partial charge in [0.15, 0.2) is 0 Å². The quantitative estimate of drug-likeness (QED) is 0.621. The van der Waals surface area contributed by atoms with Crippen molar-refractivity contribution < 1.29 is 0 Å². The van der Waals surface area contributed by atoms with E-state index in [1.54, 1.807) is 0 Å². The van der Waals surface area contributed by atoms with Gasteiger partial charge in [-0.3, -0.25) is 0 Å². The Labute approximate surface area is 74.6 Å². The Bertz CT molecular complexity index is 238. The van der Waals surface area contributed by atoms with Gasteiger partial charge < -0.3 is 0 Å². The van der Waals surface area contributed by atoms with Crippen molar-refractivity contribution in [1.29, 1.82) is 0 Å². The lowest BCUT2D eigenvalue weighted by Crippen LogP contribution is -2.33. The van der Waals surface area contributed by atoms with Gasteiger partial charge in [-0.05, 0) is 30.2 Å². The Morgan fingerprint density at radius 1 is 1.17 bits per heavy atom. The number of hydrogen-bond donors (Lipinski definition) is 0. The lowest BCUT2D eigenvalue weighted by Gasteiger charge is -2.41. The molecule has 0 amide bonds. The molecular formula is C12H15. The fourth-order valence-corrected chi connectivity index (χ4v) is 2.07. The predicted molar refractivity (Wildman–Crippen MR) is 51.9 cm³/mol. The van der Waals surface area contributed by atoms with E-state index in [1.165, 1.54) is 24.8 Å². The highest BCUT2D eigenvalue weighted by atomic mass is 14.4. The van der Waals surface area contributed by atoms with Crippen LogP contribution in [0.1, 0.15) is 31.7 Å². The molecule has 1 aliphatic carbocycles. The predicted octanol–water partition coefficient (Wildman–Crippen LogP) is 3.33. The summed E-state index contributed by atoms with van der Waals surface area (Å²) >= 11 is 0. The first-order valence-corrected chi connectivity index (χ1v) is 4.73. The van der Waals surface area contributed by atoms with Crippen LogP contribution in [-0.4, -0.2) is 0 Å². The first kappa shape index (κ1) is 7.85. The molecule has 1 aliphatic rings. The van der Waals surface area contributed by atoms with Crippen LogP contribution in [0.25, 0.3) is 0 Å². The zero-order valence-electron chi connectivity index (χ0n) is 7.59. The Morgan fingerprint density at radius 2 is 1.83 bits per heavy atom. The summed E-state index contributed by atoms with van der Waals surface area (Å²) in [6.07, 6.45) is 6.44. The van der Waals surface area contributed by atoms with Crippen LogP contribution < -0.4 is 0 Å². The molecule has 0 atom stereocenters. The van der Waals surface area contributed by atoms with Gasteiger partial charge >= 0.3 is 0 Å². The second-order valence-electron chi connectivity index (χ2n) is 3.66. The van der Waals surface area contributed by atoms with Crippen LogP contribution in [0.3, 0.4) is 0 Å². The van der Waals surface area contributed by atoms with Gasteiger partial charge in [0.05, 0.1) is 0 Å². The molecule has 1 aromatic carbocycles. The topological polar surface area (TPSA) is 0 Å². The highest BCUT2D eigenvalue weighted by Crippen LogP contribution is 2.45. The first-order valence-electron chi connectivity index (χ1n) is 4.73. The Balaban J connectivity index is 2.28. The lowest BCUT2D eigenvalue weighted by molar-refractivity contribution is 0.289. The molecule has 0 aromatic heterocycles. The summed E-state index contributed by atoms with van der Waals surface area (Å²) < 4.78 is 0. The number of hydrogen-bond acceptors (Lipinski definition) is 0. The average molecular weight is 159 g/mol. The van der Waals surface area contributed by atoms with Gasteiger partial charge in [0.1, 0.15) is 0 Å². The molecule has 0 bridgehead atoms. The molecule has 0 nitrogen and oxygen atoms in total. The second-order valence-corrected chi connectivity index (χ2v) is 3.66. The normalized spacial score (nSPS) is 20.1. The minimum Gasteiger partial charge on any atom is -0.0622 e. The van der Waals surface area contributed by atoms with Gasteiger partial charge in [0, 0.05) is 0 Å². The molecule has 1 saturated carbocycles. The van der Waals surface area contributed by atoms with E-state index in [-0.39, 0.29) is 0 Å². The Morgan fingerprint density at radius 3 is 2.25 bits per heavy atom. The van der Waals surface area contributed by atoms with Crippen LogP contribution >= 0.6 is 0 Å². The summed E-state index contributed by atoms with van der Waals surface area (Å²) in [6, 6.07) is 10.9. The van der Waals surface area contributed by atoms with Gasteiger partial charge in [-0.25, -0.2) is 0 Å². The third-order valence-electron chi connectivity index (χ3n) is 3.15. The summed E-state index contributed by atoms with van der Waals surface area (Å²) in [4.78, 5) is 0.